The average molecular weight is 781 g/mol. The van der Waals surface area contributed by atoms with Crippen LogP contribution in [0.15, 0.2) is 25.3 Å². The van der Waals surface area contributed by atoms with Crippen molar-refractivity contribution in [3.63, 3.8) is 0 Å². The maximum Gasteiger partial charge on any atom is 0.437 e. The SMILES string of the molecule is C=CCN.C=CCN.O=S(=O)(O)C(F)(F)C(F)(F)C(F)(F)CCCC(F)(F)F.O=S(=O)(O)C(F)(F)C(F)(F)C(F)CCCC(F)(F)F. The molecule has 1 unspecified atom stereocenters. The number of alkyl halides is 17. The molecule has 6 N–H and O–H groups in total. The Morgan fingerprint density at radius 2 is 0.894 bits per heavy atom. The molecule has 27 heteroatoms. The first-order valence-electron chi connectivity index (χ1n) is 11.6. The summed E-state index contributed by atoms with van der Waals surface area (Å²) in [6, 6.07) is 0. The zero-order valence-corrected chi connectivity index (χ0v) is 24.9. The van der Waals surface area contributed by atoms with Gasteiger partial charge >= 0.3 is 60.9 Å². The minimum absolute atomic E-state index is 0.583. The second-order valence-electron chi connectivity index (χ2n) is 8.38. The fraction of sp³-hybridized carbons (Fsp3) is 0.800. The molecule has 0 saturated carbocycles. The Morgan fingerprint density at radius 1 is 0.596 bits per heavy atom. The van der Waals surface area contributed by atoms with Crippen LogP contribution in [0.2, 0.25) is 0 Å². The molecule has 0 fully saturated rings. The van der Waals surface area contributed by atoms with Crippen molar-refractivity contribution in [1.82, 2.24) is 0 Å². The van der Waals surface area contributed by atoms with Gasteiger partial charge in [0.25, 0.3) is 0 Å². The summed E-state index contributed by atoms with van der Waals surface area (Å²) in [6.45, 7) is 7.87. The van der Waals surface area contributed by atoms with Gasteiger partial charge in [-0.3, -0.25) is 9.11 Å². The lowest BCUT2D eigenvalue weighted by Gasteiger charge is -2.30. The first kappa shape index (κ1) is 51.9. The third-order valence-electron chi connectivity index (χ3n) is 4.46. The van der Waals surface area contributed by atoms with Crippen LogP contribution in [0.1, 0.15) is 38.5 Å². The zero-order valence-electron chi connectivity index (χ0n) is 23.2. The molecule has 8 nitrogen and oxygen atoms in total. The summed E-state index contributed by atoms with van der Waals surface area (Å²) in [6.07, 6.45) is -20.8. The van der Waals surface area contributed by atoms with Gasteiger partial charge in [0, 0.05) is 32.4 Å². The van der Waals surface area contributed by atoms with Crippen molar-refractivity contribution < 1.29 is 101 Å². The van der Waals surface area contributed by atoms with Crippen LogP contribution in [-0.2, 0) is 20.2 Å². The second kappa shape index (κ2) is 19.3. The molecule has 47 heavy (non-hydrogen) atoms. The quantitative estimate of drug-likeness (QED) is 0.0841. The largest absolute Gasteiger partial charge is 0.437 e. The zero-order chi connectivity index (χ0) is 39.1. The number of nitrogens with two attached hydrogens (primary N) is 2. The van der Waals surface area contributed by atoms with Crippen LogP contribution in [0.3, 0.4) is 0 Å². The average Bonchev–Trinajstić information content (AvgIpc) is 2.85. The predicted molar refractivity (Wildman–Crippen MR) is 131 cm³/mol. The Kier molecular flexibility index (Phi) is 21.3. The van der Waals surface area contributed by atoms with Crippen molar-refractivity contribution in [2.75, 3.05) is 13.1 Å². The lowest BCUT2D eigenvalue weighted by Crippen LogP contribution is -2.57. The summed E-state index contributed by atoms with van der Waals surface area (Å²) in [5, 5.41) is -12.7. The molecule has 0 aromatic rings. The van der Waals surface area contributed by atoms with Crippen LogP contribution < -0.4 is 11.5 Å². The molecule has 0 aromatic heterocycles. The van der Waals surface area contributed by atoms with Crippen molar-refractivity contribution in [1.29, 1.82) is 0 Å². The van der Waals surface area contributed by atoms with Crippen molar-refractivity contribution >= 4 is 20.2 Å². The van der Waals surface area contributed by atoms with Crippen LogP contribution in [0.25, 0.3) is 0 Å². The van der Waals surface area contributed by atoms with Gasteiger partial charge in [-0.2, -0.15) is 87.1 Å². The van der Waals surface area contributed by atoms with Gasteiger partial charge in [0.1, 0.15) is 0 Å². The van der Waals surface area contributed by atoms with Gasteiger partial charge in [0.2, 0.25) is 0 Å². The van der Waals surface area contributed by atoms with Crippen LogP contribution >= 0.6 is 0 Å². The van der Waals surface area contributed by atoms with Crippen molar-refractivity contribution in [3.05, 3.63) is 25.3 Å². The molecule has 286 valence electrons. The van der Waals surface area contributed by atoms with Crippen LogP contribution in [-0.4, -0.2) is 85.8 Å². The molecule has 1 atom stereocenters. The van der Waals surface area contributed by atoms with Gasteiger partial charge in [0.15, 0.2) is 6.17 Å². The molecule has 0 spiro atoms. The van der Waals surface area contributed by atoms with E-state index >= 15 is 0 Å². The number of rotatable bonds is 14. The first-order chi connectivity index (χ1) is 20.4. The first-order valence-corrected chi connectivity index (χ1v) is 14.5. The Bertz CT molecular complexity index is 1140. The molecule has 0 aromatic carbocycles. The Hall–Kier alpha value is -1.97. The van der Waals surface area contributed by atoms with Gasteiger partial charge in [0.05, 0.1) is 0 Å². The van der Waals surface area contributed by atoms with Crippen LogP contribution in [0, 0.1) is 0 Å². The monoisotopic (exact) mass is 780 g/mol. The molecule has 0 bridgehead atoms. The summed E-state index contributed by atoms with van der Waals surface area (Å²) < 4.78 is 265. The topological polar surface area (TPSA) is 161 Å². The fourth-order valence-electron chi connectivity index (χ4n) is 2.06. The summed E-state index contributed by atoms with van der Waals surface area (Å²) in [7, 11) is -13.5. The highest BCUT2D eigenvalue weighted by Gasteiger charge is 2.77. The van der Waals surface area contributed by atoms with Crippen molar-refractivity contribution in [2.45, 2.75) is 85.3 Å². The van der Waals surface area contributed by atoms with Gasteiger partial charge in [-0.1, -0.05) is 12.2 Å². The molecule has 0 radical (unpaired) electrons. The van der Waals surface area contributed by atoms with E-state index in [0.29, 0.717) is 13.1 Å². The van der Waals surface area contributed by atoms with E-state index in [2.05, 4.69) is 13.2 Å². The van der Waals surface area contributed by atoms with E-state index in [-0.39, 0.29) is 0 Å². The summed E-state index contributed by atoms with van der Waals surface area (Å²) in [4.78, 5) is 0. The van der Waals surface area contributed by atoms with Gasteiger partial charge in [-0.15, -0.1) is 13.2 Å². The van der Waals surface area contributed by atoms with Crippen LogP contribution in [0.4, 0.5) is 74.6 Å². The summed E-state index contributed by atoms with van der Waals surface area (Å²) in [5.41, 5.74) is 9.82. The lowest BCUT2D eigenvalue weighted by molar-refractivity contribution is -0.284. The third kappa shape index (κ3) is 17.8. The normalized spacial score (nSPS) is 14.3. The van der Waals surface area contributed by atoms with E-state index < -0.39 is 106 Å². The highest BCUT2D eigenvalue weighted by molar-refractivity contribution is 7.87. The van der Waals surface area contributed by atoms with E-state index in [0.717, 1.165) is 0 Å². The van der Waals surface area contributed by atoms with E-state index in [9.17, 15) is 91.5 Å². The molecule has 0 aliphatic heterocycles. The molecule has 0 saturated heterocycles. The second-order valence-corrected chi connectivity index (χ2v) is 11.3. The lowest BCUT2D eigenvalue weighted by atomic mass is 10.0. The minimum Gasteiger partial charge on any atom is -0.327 e. The summed E-state index contributed by atoms with van der Waals surface area (Å²) >= 11 is 0. The standard InChI is InChI=1S/C7H7F9O3S.C7H8F8O3S.2C3H7N/c8-4(9,2-1-3-5(10,11)12)6(13,14)7(15,16)20(17,18)19;8-4(2-1-3-5(9,10)11)6(12,13)7(14,15)19(16,17)18;2*1-2-3-4/h1-3H2,(H,17,18,19);4H,1-3H2,(H,16,17,18);2*2H,1,3-4H2. The molecule has 0 aliphatic rings. The minimum atomic E-state index is -6.88. The molecule has 0 amide bonds. The smallest absolute Gasteiger partial charge is 0.327 e. The Balaban J connectivity index is -0.000000320. The highest BCUT2D eigenvalue weighted by Crippen LogP contribution is 2.50. The molecule has 0 rings (SSSR count). The van der Waals surface area contributed by atoms with E-state index in [1.54, 1.807) is 12.2 Å². The van der Waals surface area contributed by atoms with Crippen molar-refractivity contribution in [2.24, 2.45) is 11.5 Å². The molecule has 0 aliphatic carbocycles. The number of hydrogen-bond donors (Lipinski definition) is 4. The third-order valence-corrected chi connectivity index (χ3v) is 6.28. The maximum atomic E-state index is 12.8. The Labute approximate surface area is 256 Å². The fourth-order valence-corrected chi connectivity index (χ4v) is 3.01. The predicted octanol–water partition coefficient (Wildman–Crippen LogP) is 6.91. The van der Waals surface area contributed by atoms with E-state index in [1.165, 1.54) is 0 Å². The molecular weight excluding hydrogens is 751 g/mol. The number of halogens is 17. The van der Waals surface area contributed by atoms with Gasteiger partial charge < -0.3 is 11.5 Å². The van der Waals surface area contributed by atoms with E-state index in [1.807, 2.05) is 0 Å². The molecule has 0 heterocycles. The Morgan fingerprint density at radius 3 is 1.15 bits per heavy atom. The van der Waals surface area contributed by atoms with Crippen molar-refractivity contribution in [3.8, 4) is 0 Å². The van der Waals surface area contributed by atoms with E-state index in [4.69, 9.17) is 20.6 Å². The molecular formula is C20H29F17N2O6S2. The number of hydrogen-bond acceptors (Lipinski definition) is 6. The van der Waals surface area contributed by atoms with Gasteiger partial charge in [-0.05, 0) is 19.3 Å². The van der Waals surface area contributed by atoms with Gasteiger partial charge in [-0.25, -0.2) is 4.39 Å². The van der Waals surface area contributed by atoms with Crippen LogP contribution in [0.5, 0.6) is 0 Å². The maximum absolute atomic E-state index is 12.8. The summed E-state index contributed by atoms with van der Waals surface area (Å²) in [5.74, 6) is -18.2. The highest BCUT2D eigenvalue weighted by atomic mass is 32.2.